The van der Waals surface area contributed by atoms with E-state index in [1.807, 2.05) is 24.3 Å². The maximum absolute atomic E-state index is 13.6. The third-order valence-electron chi connectivity index (χ3n) is 5.79. The number of hydrogen-bond donors (Lipinski definition) is 0. The van der Waals surface area contributed by atoms with Crippen LogP contribution < -0.4 is 10.3 Å². The molecule has 5 rings (SSSR count). The number of anilines is 1. The summed E-state index contributed by atoms with van der Waals surface area (Å²) >= 11 is 6.13. The molecule has 0 aliphatic carbocycles. The van der Waals surface area contributed by atoms with Gasteiger partial charge in [-0.1, -0.05) is 61.8 Å². The quantitative estimate of drug-likeness (QED) is 0.388. The minimum atomic E-state index is -0.698. The molecule has 3 heterocycles. The first-order valence-electron chi connectivity index (χ1n) is 10.3. The molecule has 0 bridgehead atoms. The number of hydrogen-bond acceptors (Lipinski definition) is 5. The Bertz CT molecular complexity index is 1430. The fourth-order valence-corrected chi connectivity index (χ4v) is 4.30. The first-order valence-corrected chi connectivity index (χ1v) is 10.7. The Morgan fingerprint density at radius 2 is 1.75 bits per heavy atom. The van der Waals surface area contributed by atoms with Crippen LogP contribution in [0.1, 0.15) is 59.8 Å². The number of fused-ring (bicyclic) bond motifs is 2. The molecule has 7 heteroatoms. The third-order valence-corrected chi connectivity index (χ3v) is 6.02. The summed E-state index contributed by atoms with van der Waals surface area (Å²) < 4.78 is 11.2. The maximum atomic E-state index is 13.6. The fourth-order valence-electron chi connectivity index (χ4n) is 4.13. The number of benzene rings is 2. The van der Waals surface area contributed by atoms with Crippen LogP contribution >= 0.6 is 11.6 Å². The van der Waals surface area contributed by atoms with Gasteiger partial charge in [0.25, 0.3) is 5.91 Å². The van der Waals surface area contributed by atoms with Crippen molar-refractivity contribution in [1.82, 2.24) is 5.16 Å². The summed E-state index contributed by atoms with van der Waals surface area (Å²) in [7, 11) is 0. The number of halogens is 1. The highest BCUT2D eigenvalue weighted by atomic mass is 35.5. The number of carbonyl (C=O) groups excluding carboxylic acids is 1. The zero-order valence-electron chi connectivity index (χ0n) is 18.1. The molecule has 0 radical (unpaired) electrons. The lowest BCUT2D eigenvalue weighted by atomic mass is 9.86. The second-order valence-electron chi connectivity index (χ2n) is 9.06. The van der Waals surface area contributed by atoms with Crippen LogP contribution in [0.25, 0.3) is 11.0 Å². The first kappa shape index (κ1) is 20.5. The van der Waals surface area contributed by atoms with Crippen LogP contribution in [-0.4, -0.2) is 11.1 Å². The van der Waals surface area contributed by atoms with Gasteiger partial charge in [-0.3, -0.25) is 14.5 Å². The molecule has 1 amide bonds. The van der Waals surface area contributed by atoms with Crippen molar-refractivity contribution in [2.75, 3.05) is 4.90 Å². The van der Waals surface area contributed by atoms with E-state index in [4.69, 9.17) is 20.5 Å². The molecule has 4 aromatic rings. The van der Waals surface area contributed by atoms with Gasteiger partial charge in [-0.05, 0) is 41.7 Å². The van der Waals surface area contributed by atoms with Crippen molar-refractivity contribution < 1.29 is 13.7 Å². The average Bonchev–Trinajstić information content (AvgIpc) is 3.29. The van der Waals surface area contributed by atoms with Crippen molar-refractivity contribution >= 4 is 34.3 Å². The van der Waals surface area contributed by atoms with Crippen molar-refractivity contribution in [3.63, 3.8) is 0 Å². The third kappa shape index (κ3) is 3.14. The molecular formula is C25H21ClN2O4. The molecule has 1 aliphatic heterocycles. The van der Waals surface area contributed by atoms with Gasteiger partial charge in [-0.25, -0.2) is 0 Å². The summed E-state index contributed by atoms with van der Waals surface area (Å²) in [5, 5.41) is 4.79. The molecule has 0 spiro atoms. The largest absolute Gasteiger partial charge is 0.450 e. The smallest absolute Gasteiger partial charge is 0.296 e. The van der Waals surface area contributed by atoms with Gasteiger partial charge in [0, 0.05) is 11.1 Å². The van der Waals surface area contributed by atoms with Gasteiger partial charge in [0.1, 0.15) is 11.3 Å². The van der Waals surface area contributed by atoms with Crippen LogP contribution in [0.2, 0.25) is 5.02 Å². The molecule has 0 saturated heterocycles. The van der Waals surface area contributed by atoms with Crippen molar-refractivity contribution in [3.05, 3.63) is 92.0 Å². The van der Waals surface area contributed by atoms with Gasteiger partial charge >= 0.3 is 0 Å². The average molecular weight is 449 g/mol. The Morgan fingerprint density at radius 1 is 1.03 bits per heavy atom. The van der Waals surface area contributed by atoms with Gasteiger partial charge < -0.3 is 8.94 Å². The minimum Gasteiger partial charge on any atom is -0.450 e. The molecule has 1 atom stereocenters. The van der Waals surface area contributed by atoms with Gasteiger partial charge in [0.05, 0.1) is 17.0 Å². The van der Waals surface area contributed by atoms with Crippen molar-refractivity contribution in [2.45, 2.75) is 39.2 Å². The Hall–Kier alpha value is -3.38. The standard InChI is InChI=1S/C25H21ClN2O4/c1-13-11-19(27-32-13)28-21(14-5-7-15(8-6-14)25(2,3)4)20-22(29)17-12-16(26)9-10-18(17)31-23(20)24(28)30/h5-12,21H,1-4H3/t21-/m0/s1. The molecule has 2 aromatic heterocycles. The number of amides is 1. The highest BCUT2D eigenvalue weighted by Crippen LogP contribution is 2.41. The number of aromatic nitrogens is 1. The summed E-state index contributed by atoms with van der Waals surface area (Å²) in [6, 6.07) is 13.7. The van der Waals surface area contributed by atoms with Crippen LogP contribution in [0.3, 0.4) is 0 Å². The van der Waals surface area contributed by atoms with E-state index in [-0.39, 0.29) is 22.2 Å². The lowest BCUT2D eigenvalue weighted by Crippen LogP contribution is -2.29. The zero-order chi connectivity index (χ0) is 22.8. The molecule has 0 N–H and O–H groups in total. The van der Waals surface area contributed by atoms with E-state index in [1.165, 1.54) is 4.90 Å². The second kappa shape index (κ2) is 7.07. The normalized spacial score (nSPS) is 16.1. The van der Waals surface area contributed by atoms with Crippen molar-refractivity contribution in [2.24, 2.45) is 0 Å². The Morgan fingerprint density at radius 3 is 2.38 bits per heavy atom. The molecule has 2 aromatic carbocycles. The van der Waals surface area contributed by atoms with Crippen LogP contribution in [-0.2, 0) is 5.41 Å². The highest BCUT2D eigenvalue weighted by molar-refractivity contribution is 6.31. The van der Waals surface area contributed by atoms with Gasteiger partial charge in [0.2, 0.25) is 5.76 Å². The summed E-state index contributed by atoms with van der Waals surface area (Å²) in [4.78, 5) is 28.5. The SMILES string of the molecule is Cc1cc(N2C(=O)c3oc4ccc(Cl)cc4c(=O)c3[C@@H]2c2ccc(C(C)(C)C)cc2)no1. The van der Waals surface area contributed by atoms with E-state index in [9.17, 15) is 9.59 Å². The summed E-state index contributed by atoms with van der Waals surface area (Å²) in [6.45, 7) is 8.14. The Labute approximate surface area is 189 Å². The fraction of sp³-hybridized carbons (Fsp3) is 0.240. The van der Waals surface area contributed by atoms with E-state index in [0.29, 0.717) is 27.6 Å². The topological polar surface area (TPSA) is 76.6 Å². The van der Waals surface area contributed by atoms with E-state index in [1.54, 1.807) is 31.2 Å². The maximum Gasteiger partial charge on any atom is 0.296 e. The number of rotatable bonds is 2. The van der Waals surface area contributed by atoms with E-state index in [0.717, 1.165) is 11.1 Å². The second-order valence-corrected chi connectivity index (χ2v) is 9.50. The molecule has 32 heavy (non-hydrogen) atoms. The minimum absolute atomic E-state index is 0.00961. The molecule has 6 nitrogen and oxygen atoms in total. The summed E-state index contributed by atoms with van der Waals surface area (Å²) in [5.41, 5.74) is 2.19. The van der Waals surface area contributed by atoms with E-state index in [2.05, 4.69) is 25.9 Å². The summed E-state index contributed by atoms with van der Waals surface area (Å²) in [5.74, 6) is 0.453. The van der Waals surface area contributed by atoms with Gasteiger partial charge in [-0.2, -0.15) is 0 Å². The highest BCUT2D eigenvalue weighted by Gasteiger charge is 2.45. The molecule has 0 fully saturated rings. The lowest BCUT2D eigenvalue weighted by molar-refractivity contribution is 0.0969. The number of aryl methyl sites for hydroxylation is 1. The molecular weight excluding hydrogens is 428 g/mol. The molecule has 0 saturated carbocycles. The lowest BCUT2D eigenvalue weighted by Gasteiger charge is -2.24. The predicted octanol–water partition coefficient (Wildman–Crippen LogP) is 5.79. The molecule has 162 valence electrons. The Kier molecular flexibility index (Phi) is 4.53. The van der Waals surface area contributed by atoms with E-state index < -0.39 is 11.9 Å². The van der Waals surface area contributed by atoms with Crippen LogP contribution in [0, 0.1) is 6.92 Å². The van der Waals surface area contributed by atoms with Crippen LogP contribution in [0.4, 0.5) is 5.82 Å². The zero-order valence-corrected chi connectivity index (χ0v) is 18.9. The first-order chi connectivity index (χ1) is 15.1. The predicted molar refractivity (Wildman–Crippen MR) is 123 cm³/mol. The Balaban J connectivity index is 1.77. The van der Waals surface area contributed by atoms with Crippen molar-refractivity contribution in [3.8, 4) is 0 Å². The van der Waals surface area contributed by atoms with E-state index >= 15 is 0 Å². The number of carbonyl (C=O) groups is 1. The van der Waals surface area contributed by atoms with Gasteiger partial charge in [0.15, 0.2) is 11.2 Å². The van der Waals surface area contributed by atoms with Gasteiger partial charge in [-0.15, -0.1) is 0 Å². The van der Waals surface area contributed by atoms with Crippen LogP contribution in [0.15, 0.2) is 62.3 Å². The van der Waals surface area contributed by atoms with Crippen LogP contribution in [0.5, 0.6) is 0 Å². The molecule has 0 unspecified atom stereocenters. The van der Waals surface area contributed by atoms with Crippen molar-refractivity contribution in [1.29, 1.82) is 0 Å². The number of nitrogens with zero attached hydrogens (tertiary/aromatic N) is 2. The molecule has 1 aliphatic rings. The monoisotopic (exact) mass is 448 g/mol. The summed E-state index contributed by atoms with van der Waals surface area (Å²) in [6.07, 6.45) is 0.